The molecule has 0 aliphatic carbocycles. The van der Waals surface area contributed by atoms with E-state index in [2.05, 4.69) is 10.6 Å². The molecule has 1 heterocycles. The number of rotatable bonds is 5. The van der Waals surface area contributed by atoms with Crippen molar-refractivity contribution in [1.82, 2.24) is 5.32 Å². The summed E-state index contributed by atoms with van der Waals surface area (Å²) in [5, 5.41) is 6.42. The lowest BCUT2D eigenvalue weighted by Gasteiger charge is -2.18. The zero-order chi connectivity index (χ0) is 20.1. The summed E-state index contributed by atoms with van der Waals surface area (Å²) in [6.07, 6.45) is 0. The molecule has 0 aromatic heterocycles. The number of halogens is 1. The zero-order valence-corrected chi connectivity index (χ0v) is 17.2. The van der Waals surface area contributed by atoms with Gasteiger partial charge in [0, 0.05) is 28.6 Å². The van der Waals surface area contributed by atoms with Crippen molar-refractivity contribution in [3.05, 3.63) is 74.8 Å². The highest BCUT2D eigenvalue weighted by Crippen LogP contribution is 2.27. The van der Waals surface area contributed by atoms with Crippen LogP contribution in [0.3, 0.4) is 0 Å². The average Bonchev–Trinajstić information content (AvgIpc) is 2.69. The molecule has 0 saturated heterocycles. The number of amides is 2. The molecule has 0 bridgehead atoms. The lowest BCUT2D eigenvalue weighted by Crippen LogP contribution is -2.23. The van der Waals surface area contributed by atoms with Crippen LogP contribution < -0.4 is 10.6 Å². The molecule has 2 amide bonds. The molecule has 0 spiro atoms. The second-order valence-electron chi connectivity index (χ2n) is 6.38. The summed E-state index contributed by atoms with van der Waals surface area (Å²) in [7, 11) is 0. The Kier molecular flexibility index (Phi) is 6.65. The molecular weight excluding hydrogens is 396 g/mol. The van der Waals surface area contributed by atoms with Crippen LogP contribution in [0, 0.1) is 6.92 Å². The van der Waals surface area contributed by atoms with Crippen LogP contribution in [0.25, 0.3) is 0 Å². The molecule has 0 unspecified atom stereocenters. The van der Waals surface area contributed by atoms with Crippen LogP contribution in [-0.2, 0) is 16.1 Å². The van der Waals surface area contributed by atoms with Crippen LogP contribution >= 0.6 is 23.4 Å². The third-order valence-corrected chi connectivity index (χ3v) is 5.67. The number of ether oxygens (including phenoxy) is 1. The van der Waals surface area contributed by atoms with Crippen LogP contribution in [0.15, 0.2) is 53.1 Å². The Morgan fingerprint density at radius 1 is 1.11 bits per heavy atom. The lowest BCUT2D eigenvalue weighted by atomic mass is 10.1. The molecule has 5 nitrogen and oxygen atoms in total. The number of benzene rings is 2. The van der Waals surface area contributed by atoms with Crippen molar-refractivity contribution in [2.45, 2.75) is 20.4 Å². The fourth-order valence-corrected chi connectivity index (χ4v) is 3.64. The van der Waals surface area contributed by atoms with Gasteiger partial charge in [0.15, 0.2) is 0 Å². The minimum atomic E-state index is -0.218. The van der Waals surface area contributed by atoms with Gasteiger partial charge in [0.1, 0.15) is 10.7 Å². The highest BCUT2D eigenvalue weighted by Gasteiger charge is 2.20. The van der Waals surface area contributed by atoms with E-state index >= 15 is 0 Å². The van der Waals surface area contributed by atoms with E-state index in [1.807, 2.05) is 25.1 Å². The van der Waals surface area contributed by atoms with Crippen molar-refractivity contribution in [2.75, 3.05) is 17.7 Å². The van der Waals surface area contributed by atoms with Gasteiger partial charge in [-0.3, -0.25) is 9.59 Å². The first-order valence-corrected chi connectivity index (χ1v) is 10.2. The number of hydrogen-bond acceptors (Lipinski definition) is 4. The standard InChI is InChI=1S/C21H21ClN2O3S/c1-13-3-6-16(20(25)23-12-15-4-7-17(22)8-5-15)11-18(13)24-21(26)19-14(2)27-9-10-28-19/h3-8,11H,9-10,12H2,1-2H3,(H,23,25)(H,24,26). The monoisotopic (exact) mass is 416 g/mol. The number of thioether (sulfide) groups is 1. The first-order chi connectivity index (χ1) is 13.4. The predicted molar refractivity (Wildman–Crippen MR) is 114 cm³/mol. The van der Waals surface area contributed by atoms with Gasteiger partial charge in [0.05, 0.1) is 6.61 Å². The first-order valence-electron chi connectivity index (χ1n) is 8.85. The Labute approximate surface area is 173 Å². The van der Waals surface area contributed by atoms with Crippen LogP contribution in [0.2, 0.25) is 5.02 Å². The Morgan fingerprint density at radius 2 is 1.86 bits per heavy atom. The molecule has 0 fully saturated rings. The molecule has 146 valence electrons. The Hall–Kier alpha value is -2.44. The van der Waals surface area contributed by atoms with Crippen molar-refractivity contribution in [1.29, 1.82) is 0 Å². The summed E-state index contributed by atoms with van der Waals surface area (Å²) in [5.74, 6) is 0.940. The number of aryl methyl sites for hydroxylation is 1. The number of carbonyl (C=O) groups is 2. The van der Waals surface area contributed by atoms with E-state index in [0.29, 0.717) is 40.1 Å². The van der Waals surface area contributed by atoms with Gasteiger partial charge >= 0.3 is 0 Å². The van der Waals surface area contributed by atoms with Gasteiger partial charge in [-0.25, -0.2) is 0 Å². The smallest absolute Gasteiger partial charge is 0.265 e. The fourth-order valence-electron chi connectivity index (χ4n) is 2.69. The number of hydrogen-bond donors (Lipinski definition) is 2. The SMILES string of the molecule is CC1=C(C(=O)Nc2cc(C(=O)NCc3ccc(Cl)cc3)ccc2C)SCCO1. The quantitative estimate of drug-likeness (QED) is 0.752. The van der Waals surface area contributed by atoms with Gasteiger partial charge in [-0.1, -0.05) is 29.8 Å². The maximum Gasteiger partial charge on any atom is 0.265 e. The predicted octanol–water partition coefficient (Wildman–Crippen LogP) is 4.51. The minimum absolute atomic E-state index is 0.212. The maximum atomic E-state index is 12.6. The van der Waals surface area contributed by atoms with Crippen molar-refractivity contribution in [3.8, 4) is 0 Å². The number of nitrogens with one attached hydrogen (secondary N) is 2. The second-order valence-corrected chi connectivity index (χ2v) is 7.92. The third-order valence-electron chi connectivity index (χ3n) is 4.29. The van der Waals surface area contributed by atoms with E-state index in [4.69, 9.17) is 16.3 Å². The summed E-state index contributed by atoms with van der Waals surface area (Å²) in [6, 6.07) is 12.5. The zero-order valence-electron chi connectivity index (χ0n) is 15.7. The summed E-state index contributed by atoms with van der Waals surface area (Å²) in [5.41, 5.74) is 2.92. The topological polar surface area (TPSA) is 67.4 Å². The van der Waals surface area contributed by atoms with E-state index in [9.17, 15) is 9.59 Å². The second kappa shape index (κ2) is 9.17. The fraction of sp³-hybridized carbons (Fsp3) is 0.238. The average molecular weight is 417 g/mol. The van der Waals surface area contributed by atoms with Crippen LogP contribution in [0.4, 0.5) is 5.69 Å². The Morgan fingerprint density at radius 3 is 2.57 bits per heavy atom. The molecule has 1 aliphatic rings. The molecule has 0 atom stereocenters. The van der Waals surface area contributed by atoms with Crippen LogP contribution in [0.1, 0.15) is 28.4 Å². The lowest BCUT2D eigenvalue weighted by molar-refractivity contribution is -0.112. The number of allylic oxidation sites excluding steroid dienone is 1. The third kappa shape index (κ3) is 5.09. The molecule has 0 saturated carbocycles. The Bertz CT molecular complexity index is 926. The van der Waals surface area contributed by atoms with Crippen LogP contribution in [-0.4, -0.2) is 24.2 Å². The molecular formula is C21H21ClN2O3S. The summed E-state index contributed by atoms with van der Waals surface area (Å²) in [6.45, 7) is 4.67. The van der Waals surface area contributed by atoms with Crippen molar-refractivity contribution < 1.29 is 14.3 Å². The van der Waals surface area contributed by atoms with Gasteiger partial charge in [0.2, 0.25) is 0 Å². The van der Waals surface area contributed by atoms with Gasteiger partial charge in [-0.05, 0) is 49.2 Å². The van der Waals surface area contributed by atoms with Crippen molar-refractivity contribution in [3.63, 3.8) is 0 Å². The molecule has 28 heavy (non-hydrogen) atoms. The molecule has 3 rings (SSSR count). The highest BCUT2D eigenvalue weighted by atomic mass is 35.5. The minimum Gasteiger partial charge on any atom is -0.496 e. The van der Waals surface area contributed by atoms with Gasteiger partial charge in [-0.2, -0.15) is 0 Å². The van der Waals surface area contributed by atoms with Gasteiger partial charge in [-0.15, -0.1) is 11.8 Å². The largest absolute Gasteiger partial charge is 0.496 e. The van der Waals surface area contributed by atoms with Crippen molar-refractivity contribution >= 4 is 40.9 Å². The normalized spacial score (nSPS) is 13.7. The van der Waals surface area contributed by atoms with E-state index in [1.54, 1.807) is 31.2 Å². The van der Waals surface area contributed by atoms with E-state index in [-0.39, 0.29) is 11.8 Å². The van der Waals surface area contributed by atoms with E-state index in [1.165, 1.54) is 11.8 Å². The molecule has 0 radical (unpaired) electrons. The molecule has 1 aliphatic heterocycles. The first kappa shape index (κ1) is 20.3. The Balaban J connectivity index is 1.69. The summed E-state index contributed by atoms with van der Waals surface area (Å²) < 4.78 is 5.45. The molecule has 2 aromatic carbocycles. The summed E-state index contributed by atoms with van der Waals surface area (Å²) >= 11 is 7.35. The van der Waals surface area contributed by atoms with Gasteiger partial charge < -0.3 is 15.4 Å². The molecule has 2 N–H and O–H groups in total. The van der Waals surface area contributed by atoms with Crippen molar-refractivity contribution in [2.24, 2.45) is 0 Å². The molecule has 2 aromatic rings. The summed E-state index contributed by atoms with van der Waals surface area (Å²) in [4.78, 5) is 25.6. The number of carbonyl (C=O) groups excluding carboxylic acids is 2. The van der Waals surface area contributed by atoms with Crippen LogP contribution in [0.5, 0.6) is 0 Å². The maximum absolute atomic E-state index is 12.6. The van der Waals surface area contributed by atoms with Gasteiger partial charge in [0.25, 0.3) is 11.8 Å². The molecule has 7 heteroatoms. The van der Waals surface area contributed by atoms with E-state index < -0.39 is 0 Å². The van der Waals surface area contributed by atoms with E-state index in [0.717, 1.165) is 16.9 Å². The highest BCUT2D eigenvalue weighted by molar-refractivity contribution is 8.04. The number of anilines is 1.